The second-order valence-electron chi connectivity index (χ2n) is 4.52. The van der Waals surface area contributed by atoms with Crippen LogP contribution in [-0.4, -0.2) is 29.9 Å². The van der Waals surface area contributed by atoms with Gasteiger partial charge in [-0.05, 0) is 24.3 Å². The Labute approximate surface area is 131 Å². The minimum absolute atomic E-state index is 0.271. The third-order valence-corrected chi connectivity index (χ3v) is 6.22. The van der Waals surface area contributed by atoms with E-state index in [-0.39, 0.29) is 4.90 Å². The zero-order chi connectivity index (χ0) is 14.9. The van der Waals surface area contributed by atoms with E-state index in [1.165, 1.54) is 19.8 Å². The van der Waals surface area contributed by atoms with Gasteiger partial charge in [-0.1, -0.05) is 36.4 Å². The average Bonchev–Trinajstić information content (AvgIpc) is 2.54. The monoisotopic (exact) mass is 311 g/mol. The van der Waals surface area contributed by atoms with Gasteiger partial charge in [-0.15, -0.1) is 0 Å². The van der Waals surface area contributed by atoms with Crippen molar-refractivity contribution >= 4 is 43.1 Å². The van der Waals surface area contributed by atoms with E-state index in [4.69, 9.17) is 0 Å². The number of nitrogens with zero attached hydrogens (tertiary/aromatic N) is 2. The number of benzene rings is 2. The summed E-state index contributed by atoms with van der Waals surface area (Å²) in [6.45, 7) is 0. The molecule has 0 atom stereocenters. The van der Waals surface area contributed by atoms with E-state index in [2.05, 4.69) is 4.98 Å². The van der Waals surface area contributed by atoms with Gasteiger partial charge in [-0.2, -0.15) is 0 Å². The molecule has 1 radical (unpaired) electrons. The molecule has 0 saturated carbocycles. The number of sulfonamides is 1. The topological polar surface area (TPSA) is 50.3 Å². The largest absolute Gasteiger partial charge is 0.372 e. The fourth-order valence-corrected chi connectivity index (χ4v) is 4.00. The summed E-state index contributed by atoms with van der Waals surface area (Å²) >= 11 is 1.31. The van der Waals surface area contributed by atoms with E-state index in [0.717, 1.165) is 5.39 Å². The first-order chi connectivity index (χ1) is 10.1. The molecule has 0 aliphatic heterocycles. The van der Waals surface area contributed by atoms with E-state index >= 15 is 0 Å². The third kappa shape index (κ3) is 2.54. The first-order valence-corrected chi connectivity index (χ1v) is 8.42. The number of hydrogen-bond acceptors (Lipinski definition) is 3. The zero-order valence-corrected chi connectivity index (χ0v) is 13.4. The lowest BCUT2D eigenvalue weighted by Gasteiger charge is -2.22. The van der Waals surface area contributed by atoms with Crippen molar-refractivity contribution in [1.82, 2.24) is 4.98 Å². The molecule has 4 nitrogen and oxygen atoms in total. The summed E-state index contributed by atoms with van der Waals surface area (Å²) in [5.41, 5.74) is 1.25. The molecule has 0 unspecified atom stereocenters. The van der Waals surface area contributed by atoms with Crippen LogP contribution in [0.3, 0.4) is 0 Å². The number of para-hydroxylation sites is 1. The van der Waals surface area contributed by atoms with Crippen LogP contribution in [0.15, 0.2) is 71.8 Å². The maximum atomic E-state index is 12.7. The first kappa shape index (κ1) is 14.1. The lowest BCUT2D eigenvalue weighted by atomic mass is 10.2. The van der Waals surface area contributed by atoms with E-state index in [1.807, 2.05) is 24.3 Å². The van der Waals surface area contributed by atoms with Gasteiger partial charge in [-0.3, -0.25) is 4.98 Å². The maximum Gasteiger partial charge on any atom is 0.367 e. The molecule has 1 aromatic heterocycles. The average molecular weight is 311 g/mol. The third-order valence-electron chi connectivity index (χ3n) is 3.21. The molecule has 0 N–H and O–H groups in total. The van der Waals surface area contributed by atoms with Crippen molar-refractivity contribution in [2.75, 3.05) is 3.29 Å². The Morgan fingerprint density at radius 2 is 1.62 bits per heavy atom. The van der Waals surface area contributed by atoms with Gasteiger partial charge in [0.25, 0.3) is 0 Å². The summed E-state index contributed by atoms with van der Waals surface area (Å²) in [6.07, 6.45) is 1.66. The number of anilines is 1. The summed E-state index contributed by atoms with van der Waals surface area (Å²) in [4.78, 5) is 4.58. The molecule has 0 fully saturated rings. The molecule has 0 aliphatic rings. The molecule has 3 rings (SSSR count). The molecule has 6 heteroatoms. The standard InChI is InChI=1S/C15H11N2O2S.Al.H/c18-20(19,13-8-2-1-3-9-13)17-14-10-4-6-12-7-5-11-16-15(12)14;;/h1-11H;;/q-1;+1;. The summed E-state index contributed by atoms with van der Waals surface area (Å²) in [5, 5.41) is 0.912. The molecule has 1 heterocycles. The fourth-order valence-electron chi connectivity index (χ4n) is 2.14. The van der Waals surface area contributed by atoms with Crippen LogP contribution < -0.4 is 3.29 Å². The zero-order valence-electron chi connectivity index (χ0n) is 11.2. The molecule has 0 spiro atoms. The summed E-state index contributed by atoms with van der Waals surface area (Å²) < 4.78 is 26.7. The van der Waals surface area contributed by atoms with Crippen molar-refractivity contribution in [2.24, 2.45) is 0 Å². The van der Waals surface area contributed by atoms with Gasteiger partial charge in [0.2, 0.25) is 10.0 Å². The predicted octanol–water partition coefficient (Wildman–Crippen LogP) is 2.25. The van der Waals surface area contributed by atoms with Crippen LogP contribution in [0.4, 0.5) is 5.69 Å². The van der Waals surface area contributed by atoms with Gasteiger partial charge in [0.1, 0.15) is 0 Å². The smallest absolute Gasteiger partial charge is 0.367 e. The van der Waals surface area contributed by atoms with Crippen molar-refractivity contribution in [3.63, 3.8) is 0 Å². The molecular weight excluding hydrogens is 299 g/mol. The Balaban J connectivity index is 2.15. The Kier molecular flexibility index (Phi) is 3.68. The van der Waals surface area contributed by atoms with Crippen LogP contribution in [0, 0.1) is 0 Å². The van der Waals surface area contributed by atoms with Crippen LogP contribution in [0.25, 0.3) is 10.9 Å². The molecule has 21 heavy (non-hydrogen) atoms. The molecule has 0 saturated heterocycles. The second kappa shape index (κ2) is 5.49. The fraction of sp³-hybridized carbons (Fsp3) is 0. The van der Waals surface area contributed by atoms with Crippen molar-refractivity contribution in [2.45, 2.75) is 4.90 Å². The Morgan fingerprint density at radius 3 is 2.38 bits per heavy atom. The number of fused-ring (bicyclic) bond motifs is 1. The van der Waals surface area contributed by atoms with E-state index < -0.39 is 10.0 Å². The van der Waals surface area contributed by atoms with Gasteiger partial charge in [0.05, 0.1) is 16.1 Å². The van der Waals surface area contributed by atoms with Crippen LogP contribution in [0.2, 0.25) is 0 Å². The normalized spacial score (nSPS) is 11.4. The predicted molar refractivity (Wildman–Crippen MR) is 85.0 cm³/mol. The van der Waals surface area contributed by atoms with Crippen molar-refractivity contribution in [3.05, 3.63) is 66.9 Å². The molecule has 2 aromatic carbocycles. The highest BCUT2D eigenvalue weighted by atomic mass is 32.2. The van der Waals surface area contributed by atoms with E-state index in [9.17, 15) is 8.42 Å². The van der Waals surface area contributed by atoms with Crippen molar-refractivity contribution in [3.8, 4) is 0 Å². The molecule has 0 amide bonds. The van der Waals surface area contributed by atoms with E-state index in [0.29, 0.717) is 11.2 Å². The minimum atomic E-state index is -3.58. The number of pyridine rings is 1. The lowest BCUT2D eigenvalue weighted by molar-refractivity contribution is 0.598. The SMILES string of the molecule is O=S(=O)(c1ccccc1)[N]([AlH])c1cccc2cccnc12. The van der Waals surface area contributed by atoms with Crippen molar-refractivity contribution < 1.29 is 8.42 Å². The quantitative estimate of drug-likeness (QED) is 0.697. The van der Waals surface area contributed by atoms with E-state index in [1.54, 1.807) is 42.6 Å². The minimum Gasteiger partial charge on any atom is -0.372 e. The number of hydrogen-bond donors (Lipinski definition) is 0. The Hall–Kier alpha value is -1.87. The lowest BCUT2D eigenvalue weighted by Crippen LogP contribution is -2.28. The second-order valence-corrected chi connectivity index (χ2v) is 7.47. The van der Waals surface area contributed by atoms with Gasteiger partial charge in [0.15, 0.2) is 0 Å². The summed E-state index contributed by atoms with van der Waals surface area (Å²) in [5.74, 6) is 0. The molecule has 0 bridgehead atoms. The van der Waals surface area contributed by atoms with Gasteiger partial charge in [-0.25, -0.2) is 8.42 Å². The Bertz CT molecular complexity index is 877. The first-order valence-electron chi connectivity index (χ1n) is 6.35. The van der Waals surface area contributed by atoms with Crippen LogP contribution in [0.5, 0.6) is 0 Å². The maximum absolute atomic E-state index is 12.7. The summed E-state index contributed by atoms with van der Waals surface area (Å²) in [6, 6.07) is 17.7. The Morgan fingerprint density at radius 1 is 0.905 bits per heavy atom. The highest BCUT2D eigenvalue weighted by Gasteiger charge is 2.21. The highest BCUT2D eigenvalue weighted by Crippen LogP contribution is 2.27. The highest BCUT2D eigenvalue weighted by molar-refractivity contribution is 7.94. The molecule has 103 valence electrons. The van der Waals surface area contributed by atoms with Crippen LogP contribution in [-0.2, 0) is 10.0 Å². The summed E-state index contributed by atoms with van der Waals surface area (Å²) in [7, 11) is -3.58. The number of rotatable bonds is 3. The van der Waals surface area contributed by atoms with Crippen LogP contribution >= 0.6 is 0 Å². The van der Waals surface area contributed by atoms with Gasteiger partial charge in [0, 0.05) is 11.6 Å². The molecular formula is C15H12AlN2O2S. The van der Waals surface area contributed by atoms with Crippen molar-refractivity contribution in [1.29, 1.82) is 0 Å². The molecule has 0 aliphatic carbocycles. The van der Waals surface area contributed by atoms with Crippen LogP contribution in [0.1, 0.15) is 0 Å². The van der Waals surface area contributed by atoms with Gasteiger partial charge < -0.3 is 3.29 Å². The van der Waals surface area contributed by atoms with Gasteiger partial charge >= 0.3 is 16.5 Å². The molecule has 3 aromatic rings. The number of aromatic nitrogens is 1.